The van der Waals surface area contributed by atoms with E-state index in [9.17, 15) is 4.79 Å². The lowest BCUT2D eigenvalue weighted by atomic mass is 9.84. The van der Waals surface area contributed by atoms with E-state index >= 15 is 0 Å². The third-order valence-corrected chi connectivity index (χ3v) is 6.10. The van der Waals surface area contributed by atoms with Crippen LogP contribution < -0.4 is 4.74 Å². The molecule has 0 radical (unpaired) electrons. The van der Waals surface area contributed by atoms with Crippen molar-refractivity contribution in [1.82, 2.24) is 14.3 Å². The van der Waals surface area contributed by atoms with Gasteiger partial charge in [0.05, 0.1) is 19.9 Å². The first-order chi connectivity index (χ1) is 13.8. The molecule has 2 aliphatic heterocycles. The number of hydrogen-bond acceptors (Lipinski definition) is 4. The molecule has 28 heavy (non-hydrogen) atoms. The first kappa shape index (κ1) is 17.3. The maximum atomic E-state index is 13.5. The van der Waals surface area contributed by atoms with Crippen molar-refractivity contribution in [3.05, 3.63) is 66.1 Å². The molecule has 2 fully saturated rings. The molecule has 6 heteroatoms. The van der Waals surface area contributed by atoms with Crippen LogP contribution in [0.4, 0.5) is 0 Å². The van der Waals surface area contributed by atoms with Crippen molar-refractivity contribution in [1.29, 1.82) is 0 Å². The van der Waals surface area contributed by atoms with E-state index in [1.165, 1.54) is 5.56 Å². The number of nitrogens with zero attached hydrogens (tertiary/aromatic N) is 3. The van der Waals surface area contributed by atoms with Gasteiger partial charge >= 0.3 is 0 Å². The van der Waals surface area contributed by atoms with Crippen LogP contribution in [0.5, 0.6) is 5.75 Å². The topological polar surface area (TPSA) is 56.1 Å². The van der Waals surface area contributed by atoms with E-state index in [1.807, 2.05) is 33.7 Å². The highest BCUT2D eigenvalue weighted by Gasteiger charge is 2.46. The van der Waals surface area contributed by atoms with Gasteiger partial charge in [-0.05, 0) is 18.1 Å². The summed E-state index contributed by atoms with van der Waals surface area (Å²) < 4.78 is 12.9. The van der Waals surface area contributed by atoms with Crippen LogP contribution in [0, 0.1) is 5.92 Å². The molecular weight excluding hydrogens is 354 g/mol. The minimum absolute atomic E-state index is 0.0352. The summed E-state index contributed by atoms with van der Waals surface area (Å²) in [6.07, 6.45) is 4.40. The molecule has 2 aromatic heterocycles. The van der Waals surface area contributed by atoms with Crippen LogP contribution in [0.3, 0.4) is 0 Å². The number of pyridine rings is 1. The Morgan fingerprint density at radius 3 is 2.93 bits per heavy atom. The number of carbonyl (C=O) groups is 1. The predicted octanol–water partition coefficient (Wildman–Crippen LogP) is 2.99. The lowest BCUT2D eigenvalue weighted by Gasteiger charge is -2.32. The normalized spacial score (nSPS) is 24.3. The van der Waals surface area contributed by atoms with Gasteiger partial charge in [0, 0.05) is 43.3 Å². The smallest absolute Gasteiger partial charge is 0.272 e. The summed E-state index contributed by atoms with van der Waals surface area (Å²) >= 11 is 0. The van der Waals surface area contributed by atoms with Crippen LogP contribution in [0.15, 0.2) is 54.9 Å². The average molecular weight is 377 g/mol. The van der Waals surface area contributed by atoms with Gasteiger partial charge in [-0.2, -0.15) is 0 Å². The van der Waals surface area contributed by atoms with Gasteiger partial charge in [0.2, 0.25) is 0 Å². The molecule has 0 saturated carbocycles. The summed E-state index contributed by atoms with van der Waals surface area (Å²) in [5.74, 6) is 1.40. The largest absolute Gasteiger partial charge is 0.497 e. The maximum Gasteiger partial charge on any atom is 0.272 e. The molecule has 1 aromatic carbocycles. The third-order valence-electron chi connectivity index (χ3n) is 6.10. The molecule has 2 saturated heterocycles. The maximum absolute atomic E-state index is 13.5. The number of fused-ring (bicyclic) bond motifs is 2. The summed E-state index contributed by atoms with van der Waals surface area (Å²) in [6.45, 7) is 2.13. The minimum atomic E-state index is 0.0352. The molecule has 0 unspecified atom stereocenters. The monoisotopic (exact) mass is 377 g/mol. The zero-order valence-electron chi connectivity index (χ0n) is 15.8. The van der Waals surface area contributed by atoms with Crippen LogP contribution in [0.2, 0.25) is 0 Å². The quantitative estimate of drug-likeness (QED) is 0.704. The third kappa shape index (κ3) is 2.76. The lowest BCUT2D eigenvalue weighted by molar-refractivity contribution is 0.0186. The molecule has 4 heterocycles. The number of carbonyl (C=O) groups excluding carboxylic acids is 1. The van der Waals surface area contributed by atoms with Crippen molar-refractivity contribution in [3.63, 3.8) is 0 Å². The lowest BCUT2D eigenvalue weighted by Crippen LogP contribution is -2.42. The summed E-state index contributed by atoms with van der Waals surface area (Å²) in [5.41, 5.74) is 2.59. The van der Waals surface area contributed by atoms with Gasteiger partial charge in [0.1, 0.15) is 17.1 Å². The average Bonchev–Trinajstić information content (AvgIpc) is 3.35. The number of hydrogen-bond donors (Lipinski definition) is 0. The highest BCUT2D eigenvalue weighted by Crippen LogP contribution is 2.41. The van der Waals surface area contributed by atoms with Gasteiger partial charge in [-0.1, -0.05) is 30.3 Å². The second-order valence-electron chi connectivity index (χ2n) is 7.51. The highest BCUT2D eigenvalue weighted by atomic mass is 16.5. The zero-order valence-corrected chi connectivity index (χ0v) is 15.8. The van der Waals surface area contributed by atoms with E-state index in [0.717, 1.165) is 12.2 Å². The Balaban J connectivity index is 1.49. The van der Waals surface area contributed by atoms with Crippen LogP contribution in [-0.2, 0) is 4.74 Å². The molecule has 6 nitrogen and oxygen atoms in total. The van der Waals surface area contributed by atoms with Crippen molar-refractivity contribution < 1.29 is 14.3 Å². The second-order valence-corrected chi connectivity index (χ2v) is 7.51. The number of aromatic nitrogens is 2. The van der Waals surface area contributed by atoms with Gasteiger partial charge in [-0.15, -0.1) is 0 Å². The molecule has 2 aliphatic rings. The Bertz CT molecular complexity index is 1000. The molecule has 0 bridgehead atoms. The van der Waals surface area contributed by atoms with Gasteiger partial charge in [0.15, 0.2) is 0 Å². The zero-order chi connectivity index (χ0) is 19.1. The van der Waals surface area contributed by atoms with Crippen molar-refractivity contribution in [3.8, 4) is 5.75 Å². The number of amides is 1. The van der Waals surface area contributed by atoms with E-state index < -0.39 is 0 Å². The van der Waals surface area contributed by atoms with E-state index in [4.69, 9.17) is 9.47 Å². The van der Waals surface area contributed by atoms with Crippen molar-refractivity contribution in [2.24, 2.45) is 5.92 Å². The number of ether oxygens (including phenoxy) is 2. The summed E-state index contributed by atoms with van der Waals surface area (Å²) in [4.78, 5) is 20.0. The van der Waals surface area contributed by atoms with Crippen molar-refractivity contribution in [2.75, 3.05) is 26.9 Å². The predicted molar refractivity (Wildman–Crippen MR) is 105 cm³/mol. The molecule has 1 amide bonds. The SMILES string of the molecule is COc1ccn2c(C(=O)N3C[C@H](c4ccccc4)[C@H]4COCC[C@@H]43)cnc2c1. The number of methoxy groups -OCH3 is 1. The first-order valence-corrected chi connectivity index (χ1v) is 9.71. The Kier molecular flexibility index (Phi) is 4.28. The Morgan fingerprint density at radius 1 is 1.25 bits per heavy atom. The molecule has 3 atom stereocenters. The minimum Gasteiger partial charge on any atom is -0.497 e. The Labute approximate surface area is 163 Å². The molecular formula is C22H23N3O3. The fourth-order valence-corrected chi connectivity index (χ4v) is 4.68. The van der Waals surface area contributed by atoms with Crippen molar-refractivity contribution in [2.45, 2.75) is 18.4 Å². The van der Waals surface area contributed by atoms with E-state index in [0.29, 0.717) is 42.9 Å². The Hall–Kier alpha value is -2.86. The fraction of sp³-hybridized carbons (Fsp3) is 0.364. The standard InChI is InChI=1S/C22H23N3O3/c1-27-16-7-9-24-20(12-23-21(24)11-16)22(26)25-13-17(15-5-3-2-4-6-15)18-14-28-10-8-19(18)25/h2-7,9,11-12,17-19H,8,10,13-14H2,1H3/t17-,18-,19+/m1/s1. The number of imidazole rings is 1. The molecule has 5 rings (SSSR count). The molecule has 0 N–H and O–H groups in total. The van der Waals surface area contributed by atoms with E-state index in [1.54, 1.807) is 13.3 Å². The summed E-state index contributed by atoms with van der Waals surface area (Å²) in [5, 5.41) is 0. The van der Waals surface area contributed by atoms with Gasteiger partial charge in [-0.3, -0.25) is 9.20 Å². The van der Waals surface area contributed by atoms with E-state index in [2.05, 4.69) is 29.2 Å². The highest BCUT2D eigenvalue weighted by molar-refractivity contribution is 5.94. The number of benzene rings is 1. The Morgan fingerprint density at radius 2 is 2.11 bits per heavy atom. The number of rotatable bonds is 3. The fourth-order valence-electron chi connectivity index (χ4n) is 4.68. The van der Waals surface area contributed by atoms with Crippen molar-refractivity contribution >= 4 is 11.6 Å². The summed E-state index contributed by atoms with van der Waals surface area (Å²) in [6, 6.07) is 14.4. The molecule has 144 valence electrons. The van der Waals surface area contributed by atoms with Gasteiger partial charge in [-0.25, -0.2) is 4.98 Å². The number of likely N-dealkylation sites (tertiary alicyclic amines) is 1. The van der Waals surface area contributed by atoms with E-state index in [-0.39, 0.29) is 11.9 Å². The van der Waals surface area contributed by atoms with Crippen LogP contribution in [0.25, 0.3) is 5.65 Å². The molecule has 0 spiro atoms. The summed E-state index contributed by atoms with van der Waals surface area (Å²) in [7, 11) is 1.63. The van der Waals surface area contributed by atoms with Crippen LogP contribution in [-0.4, -0.2) is 53.1 Å². The first-order valence-electron chi connectivity index (χ1n) is 9.71. The molecule has 0 aliphatic carbocycles. The molecule has 3 aromatic rings. The van der Waals surface area contributed by atoms with Gasteiger partial charge in [0.25, 0.3) is 5.91 Å². The second kappa shape index (κ2) is 6.95. The van der Waals surface area contributed by atoms with Crippen LogP contribution in [0.1, 0.15) is 28.4 Å². The van der Waals surface area contributed by atoms with Gasteiger partial charge < -0.3 is 14.4 Å². The van der Waals surface area contributed by atoms with Crippen LogP contribution >= 0.6 is 0 Å².